The zero-order chi connectivity index (χ0) is 14.9. The molecule has 0 saturated carbocycles. The van der Waals surface area contributed by atoms with Gasteiger partial charge in [0, 0.05) is 13.1 Å². The molecule has 0 radical (unpaired) electrons. The quantitative estimate of drug-likeness (QED) is 0.872. The summed E-state index contributed by atoms with van der Waals surface area (Å²) in [6.07, 6.45) is 0. The Morgan fingerprint density at radius 1 is 1.45 bits per heavy atom. The van der Waals surface area contributed by atoms with Crippen molar-refractivity contribution in [2.24, 2.45) is 0 Å². The Hall–Kier alpha value is -1.57. The third kappa shape index (κ3) is 2.79. The van der Waals surface area contributed by atoms with Crippen molar-refractivity contribution in [3.8, 4) is 0 Å². The summed E-state index contributed by atoms with van der Waals surface area (Å²) in [6, 6.07) is 6.24. The van der Waals surface area contributed by atoms with E-state index in [4.69, 9.17) is 21.9 Å². The van der Waals surface area contributed by atoms with Crippen molar-refractivity contribution in [3.05, 3.63) is 40.7 Å². The topological polar surface area (TPSA) is 89.4 Å². The Morgan fingerprint density at radius 2 is 2.15 bits per heavy atom. The minimum absolute atomic E-state index is 0.0737. The molecule has 0 atom stereocenters. The molecule has 0 aliphatic carbocycles. The van der Waals surface area contributed by atoms with Crippen LogP contribution in [0, 0.1) is 6.92 Å². The molecule has 0 aliphatic heterocycles. The van der Waals surface area contributed by atoms with Gasteiger partial charge in [0.1, 0.15) is 10.7 Å². The summed E-state index contributed by atoms with van der Waals surface area (Å²) in [4.78, 5) is -0.0932. The van der Waals surface area contributed by atoms with Crippen LogP contribution >= 0.6 is 11.6 Å². The van der Waals surface area contributed by atoms with Crippen molar-refractivity contribution >= 4 is 27.3 Å². The number of anilines is 1. The molecule has 0 spiro atoms. The molecule has 20 heavy (non-hydrogen) atoms. The summed E-state index contributed by atoms with van der Waals surface area (Å²) < 4.78 is 31.0. The Kier molecular flexibility index (Phi) is 4.03. The van der Waals surface area contributed by atoms with E-state index in [0.29, 0.717) is 11.5 Å². The summed E-state index contributed by atoms with van der Waals surface area (Å²) in [5.74, 6) is 0.614. The highest BCUT2D eigenvalue weighted by molar-refractivity contribution is 7.89. The van der Waals surface area contributed by atoms with Gasteiger partial charge in [-0.25, -0.2) is 8.42 Å². The van der Waals surface area contributed by atoms with Crippen LogP contribution in [0.25, 0.3) is 0 Å². The van der Waals surface area contributed by atoms with E-state index in [1.54, 1.807) is 19.1 Å². The highest BCUT2D eigenvalue weighted by atomic mass is 35.5. The Labute approximate surface area is 122 Å². The zero-order valence-electron chi connectivity index (χ0n) is 11.0. The summed E-state index contributed by atoms with van der Waals surface area (Å²) in [5.41, 5.74) is 6.34. The Bertz CT molecular complexity index is 707. The molecule has 0 unspecified atom stereocenters. The first-order valence-corrected chi connectivity index (χ1v) is 7.56. The van der Waals surface area contributed by atoms with Gasteiger partial charge in [-0.1, -0.05) is 22.8 Å². The van der Waals surface area contributed by atoms with Gasteiger partial charge in [0.2, 0.25) is 10.0 Å². The molecule has 2 N–H and O–H groups in total. The maximum atomic E-state index is 12.5. The van der Waals surface area contributed by atoms with Crippen molar-refractivity contribution in [1.29, 1.82) is 0 Å². The van der Waals surface area contributed by atoms with E-state index in [9.17, 15) is 8.42 Å². The lowest BCUT2D eigenvalue weighted by Crippen LogP contribution is -2.27. The van der Waals surface area contributed by atoms with E-state index in [1.807, 2.05) is 0 Å². The van der Waals surface area contributed by atoms with Crippen LogP contribution in [0.3, 0.4) is 0 Å². The molecular weight excluding hydrogens is 302 g/mol. The van der Waals surface area contributed by atoms with E-state index in [0.717, 1.165) is 4.31 Å². The largest absolute Gasteiger partial charge is 0.398 e. The lowest BCUT2D eigenvalue weighted by molar-refractivity contribution is 0.378. The molecule has 0 bridgehead atoms. The standard InChI is InChI=1S/C12H14ClN3O3S/c1-8-6-9(15-19-8)7-16(2)20(17,18)12-10(13)4-3-5-11(12)14/h3-6H,7,14H2,1-2H3. The number of hydrogen-bond donors (Lipinski definition) is 1. The van der Waals surface area contributed by atoms with Crippen LogP contribution in [0.5, 0.6) is 0 Å². The van der Waals surface area contributed by atoms with Crippen LogP contribution in [0.2, 0.25) is 5.02 Å². The fraction of sp³-hybridized carbons (Fsp3) is 0.250. The van der Waals surface area contributed by atoms with Gasteiger partial charge in [0.05, 0.1) is 22.9 Å². The molecule has 0 saturated heterocycles. The highest BCUT2D eigenvalue weighted by Gasteiger charge is 2.26. The van der Waals surface area contributed by atoms with Crippen molar-refractivity contribution in [2.45, 2.75) is 18.4 Å². The highest BCUT2D eigenvalue weighted by Crippen LogP contribution is 2.29. The minimum Gasteiger partial charge on any atom is -0.398 e. The third-order valence-corrected chi connectivity index (χ3v) is 5.08. The van der Waals surface area contributed by atoms with Crippen LogP contribution in [0.1, 0.15) is 11.5 Å². The van der Waals surface area contributed by atoms with Crippen LogP contribution in [-0.4, -0.2) is 24.9 Å². The molecule has 0 aliphatic rings. The molecule has 8 heteroatoms. The molecule has 1 heterocycles. The van der Waals surface area contributed by atoms with Gasteiger partial charge < -0.3 is 10.3 Å². The summed E-state index contributed by atoms with van der Waals surface area (Å²) >= 11 is 5.95. The minimum atomic E-state index is -3.79. The van der Waals surface area contributed by atoms with Gasteiger partial charge in [0.15, 0.2) is 0 Å². The number of halogens is 1. The number of hydrogen-bond acceptors (Lipinski definition) is 5. The van der Waals surface area contributed by atoms with E-state index in [2.05, 4.69) is 5.16 Å². The lowest BCUT2D eigenvalue weighted by Gasteiger charge is -2.17. The van der Waals surface area contributed by atoms with Crippen molar-refractivity contribution in [3.63, 3.8) is 0 Å². The SMILES string of the molecule is Cc1cc(CN(C)S(=O)(=O)c2c(N)cccc2Cl)no1. The summed E-state index contributed by atoms with van der Waals surface area (Å²) in [6.45, 7) is 1.81. The molecule has 1 aromatic heterocycles. The maximum absolute atomic E-state index is 12.5. The number of nitrogens with zero attached hydrogens (tertiary/aromatic N) is 2. The van der Waals surface area contributed by atoms with Crippen molar-refractivity contribution < 1.29 is 12.9 Å². The first-order valence-electron chi connectivity index (χ1n) is 5.75. The third-order valence-electron chi connectivity index (χ3n) is 2.73. The van der Waals surface area contributed by atoms with Gasteiger partial charge >= 0.3 is 0 Å². The number of rotatable bonds is 4. The molecule has 6 nitrogen and oxygen atoms in total. The van der Waals surface area contributed by atoms with Crippen molar-refractivity contribution in [1.82, 2.24) is 9.46 Å². The second-order valence-electron chi connectivity index (χ2n) is 4.35. The Balaban J connectivity index is 2.35. The van der Waals surface area contributed by atoms with E-state index >= 15 is 0 Å². The van der Waals surface area contributed by atoms with E-state index < -0.39 is 10.0 Å². The molecule has 0 amide bonds. The average molecular weight is 316 g/mol. The van der Waals surface area contributed by atoms with Crippen LogP contribution in [0.4, 0.5) is 5.69 Å². The van der Waals surface area contributed by atoms with Gasteiger partial charge in [-0.3, -0.25) is 0 Å². The van der Waals surface area contributed by atoms with Gasteiger partial charge in [-0.05, 0) is 19.1 Å². The summed E-state index contributed by atoms with van der Waals surface area (Å²) in [7, 11) is -2.36. The number of aromatic nitrogens is 1. The van der Waals surface area contributed by atoms with E-state index in [-0.39, 0.29) is 22.2 Å². The fourth-order valence-electron chi connectivity index (χ4n) is 1.76. The Morgan fingerprint density at radius 3 is 2.70 bits per heavy atom. The predicted molar refractivity (Wildman–Crippen MR) is 75.8 cm³/mol. The zero-order valence-corrected chi connectivity index (χ0v) is 12.6. The molecule has 2 aromatic rings. The molecule has 0 fully saturated rings. The predicted octanol–water partition coefficient (Wildman–Crippen LogP) is 2.04. The smallest absolute Gasteiger partial charge is 0.246 e. The summed E-state index contributed by atoms with van der Waals surface area (Å²) in [5, 5.41) is 3.85. The van der Waals surface area contributed by atoms with Crippen molar-refractivity contribution in [2.75, 3.05) is 12.8 Å². The normalized spacial score (nSPS) is 12.0. The molecule has 1 aromatic carbocycles. The average Bonchev–Trinajstić information content (AvgIpc) is 2.74. The fourth-order valence-corrected chi connectivity index (χ4v) is 3.53. The van der Waals surface area contributed by atoms with Gasteiger partial charge in [0.25, 0.3) is 0 Å². The second kappa shape index (κ2) is 5.43. The lowest BCUT2D eigenvalue weighted by atomic mass is 10.3. The molecular formula is C12H14ClN3O3S. The number of benzene rings is 1. The van der Waals surface area contributed by atoms with E-state index in [1.165, 1.54) is 19.2 Å². The maximum Gasteiger partial charge on any atom is 0.246 e. The first-order chi connectivity index (χ1) is 9.32. The number of nitrogen functional groups attached to an aromatic ring is 1. The first kappa shape index (κ1) is 14.8. The molecule has 108 valence electrons. The van der Waals surface area contributed by atoms with Crippen LogP contribution in [0.15, 0.2) is 33.7 Å². The monoisotopic (exact) mass is 315 g/mol. The van der Waals surface area contributed by atoms with Gasteiger partial charge in [-0.15, -0.1) is 0 Å². The number of sulfonamides is 1. The second-order valence-corrected chi connectivity index (χ2v) is 6.74. The number of aryl methyl sites for hydroxylation is 1. The molecule has 2 rings (SSSR count). The van der Waals surface area contributed by atoms with Gasteiger partial charge in [-0.2, -0.15) is 4.31 Å². The van der Waals surface area contributed by atoms with Crippen LogP contribution in [-0.2, 0) is 16.6 Å². The number of nitrogens with two attached hydrogens (primary N) is 1. The van der Waals surface area contributed by atoms with Crippen LogP contribution < -0.4 is 5.73 Å².